The minimum absolute atomic E-state index is 0.224. The van der Waals surface area contributed by atoms with Crippen LogP contribution in [0.5, 0.6) is 5.75 Å². The van der Waals surface area contributed by atoms with Crippen molar-refractivity contribution in [3.63, 3.8) is 0 Å². The van der Waals surface area contributed by atoms with E-state index in [1.807, 2.05) is 6.07 Å². The van der Waals surface area contributed by atoms with Gasteiger partial charge >= 0.3 is 0 Å². The number of benzene rings is 2. The molecule has 0 saturated carbocycles. The van der Waals surface area contributed by atoms with Gasteiger partial charge in [-0.1, -0.05) is 24.3 Å². The van der Waals surface area contributed by atoms with Crippen LogP contribution in [-0.4, -0.2) is 22.9 Å². The second-order valence-electron chi connectivity index (χ2n) is 4.87. The number of aromatic amines is 1. The molecule has 0 spiro atoms. The molecule has 1 heterocycles. The first-order chi connectivity index (χ1) is 11.2. The molecule has 114 valence electrons. The van der Waals surface area contributed by atoms with Crippen LogP contribution >= 0.6 is 0 Å². The number of ether oxygens (including phenoxy) is 1. The minimum atomic E-state index is -0.236. The Labute approximate surface area is 132 Å². The predicted octanol–water partition coefficient (Wildman–Crippen LogP) is 2.83. The number of methoxy groups -OCH3 is 1. The zero-order valence-corrected chi connectivity index (χ0v) is 12.4. The molecular formula is C18H14N2O3. The molecule has 0 unspecified atom stereocenters. The third-order valence-corrected chi connectivity index (χ3v) is 3.40. The van der Waals surface area contributed by atoms with Crippen molar-refractivity contribution in [1.82, 2.24) is 9.97 Å². The van der Waals surface area contributed by atoms with Gasteiger partial charge in [0.15, 0.2) is 5.78 Å². The fourth-order valence-electron chi connectivity index (χ4n) is 2.28. The van der Waals surface area contributed by atoms with Crippen molar-refractivity contribution in [2.75, 3.05) is 7.11 Å². The van der Waals surface area contributed by atoms with Crippen LogP contribution in [0, 0.1) is 0 Å². The van der Waals surface area contributed by atoms with Crippen molar-refractivity contribution in [2.24, 2.45) is 0 Å². The van der Waals surface area contributed by atoms with E-state index in [1.54, 1.807) is 42.5 Å². The number of hydrogen-bond acceptors (Lipinski definition) is 4. The maximum absolute atomic E-state index is 12.3. The molecule has 1 N–H and O–H groups in total. The van der Waals surface area contributed by atoms with Gasteiger partial charge in [-0.05, 0) is 36.4 Å². The van der Waals surface area contributed by atoms with E-state index in [1.165, 1.54) is 19.3 Å². The number of nitrogens with one attached hydrogen (secondary N) is 1. The number of nitrogens with zero attached hydrogens (tertiary/aromatic N) is 1. The SMILES string of the molecule is COc1ccccc1C(=O)/C=C/c1nc2ccccc2c(=O)[nH]1. The minimum Gasteiger partial charge on any atom is -0.496 e. The lowest BCUT2D eigenvalue weighted by molar-refractivity contribution is 0.104. The molecule has 0 amide bonds. The number of allylic oxidation sites excluding steroid dienone is 1. The van der Waals surface area contributed by atoms with E-state index < -0.39 is 0 Å². The second-order valence-corrected chi connectivity index (χ2v) is 4.87. The van der Waals surface area contributed by atoms with Crippen LogP contribution in [0.3, 0.4) is 0 Å². The average molecular weight is 306 g/mol. The molecule has 2 aromatic carbocycles. The van der Waals surface area contributed by atoms with Gasteiger partial charge in [-0.2, -0.15) is 0 Å². The Morgan fingerprint density at radius 3 is 2.70 bits per heavy atom. The fourth-order valence-corrected chi connectivity index (χ4v) is 2.28. The summed E-state index contributed by atoms with van der Waals surface area (Å²) in [5.74, 6) is 0.609. The lowest BCUT2D eigenvalue weighted by atomic mass is 10.1. The quantitative estimate of drug-likeness (QED) is 0.594. The maximum atomic E-state index is 12.3. The van der Waals surface area contributed by atoms with Crippen molar-refractivity contribution in [1.29, 1.82) is 0 Å². The van der Waals surface area contributed by atoms with Crippen LogP contribution in [-0.2, 0) is 0 Å². The van der Waals surface area contributed by atoms with E-state index in [-0.39, 0.29) is 11.3 Å². The number of hydrogen-bond donors (Lipinski definition) is 1. The molecule has 5 nitrogen and oxygen atoms in total. The Kier molecular flexibility index (Phi) is 4.01. The van der Waals surface area contributed by atoms with Crippen LogP contribution in [0.1, 0.15) is 16.2 Å². The van der Waals surface area contributed by atoms with Crippen molar-refractivity contribution < 1.29 is 9.53 Å². The molecule has 0 atom stereocenters. The van der Waals surface area contributed by atoms with Crippen molar-refractivity contribution in [2.45, 2.75) is 0 Å². The summed E-state index contributed by atoms with van der Waals surface area (Å²) in [6.07, 6.45) is 2.85. The molecule has 0 fully saturated rings. The number of para-hydroxylation sites is 2. The zero-order chi connectivity index (χ0) is 16.2. The molecular weight excluding hydrogens is 292 g/mol. The molecule has 0 radical (unpaired) electrons. The molecule has 3 rings (SSSR count). The Hall–Kier alpha value is -3.21. The highest BCUT2D eigenvalue weighted by atomic mass is 16.5. The monoisotopic (exact) mass is 306 g/mol. The highest BCUT2D eigenvalue weighted by Crippen LogP contribution is 2.18. The summed E-state index contributed by atoms with van der Waals surface area (Å²) in [7, 11) is 1.51. The molecule has 3 aromatic rings. The number of carbonyl (C=O) groups excluding carboxylic acids is 1. The number of ketones is 1. The van der Waals surface area contributed by atoms with E-state index in [2.05, 4.69) is 9.97 Å². The molecule has 5 heteroatoms. The van der Waals surface area contributed by atoms with Crippen molar-refractivity contribution in [3.05, 3.63) is 76.3 Å². The van der Waals surface area contributed by atoms with Gasteiger partial charge < -0.3 is 9.72 Å². The third kappa shape index (κ3) is 3.03. The van der Waals surface area contributed by atoms with Crippen LogP contribution < -0.4 is 10.3 Å². The van der Waals surface area contributed by atoms with Crippen LogP contribution in [0.4, 0.5) is 0 Å². The Balaban J connectivity index is 1.94. The summed E-state index contributed by atoms with van der Waals surface area (Å²) in [4.78, 5) is 31.2. The lowest BCUT2D eigenvalue weighted by Gasteiger charge is -2.04. The smallest absolute Gasteiger partial charge is 0.259 e. The summed E-state index contributed by atoms with van der Waals surface area (Å²) in [5, 5.41) is 0.515. The second kappa shape index (κ2) is 6.27. The first-order valence-electron chi connectivity index (χ1n) is 7.03. The maximum Gasteiger partial charge on any atom is 0.259 e. The van der Waals surface area contributed by atoms with E-state index in [4.69, 9.17) is 4.74 Å². The summed E-state index contributed by atoms with van der Waals surface area (Å²) in [6.45, 7) is 0. The topological polar surface area (TPSA) is 72.0 Å². The van der Waals surface area contributed by atoms with E-state index in [9.17, 15) is 9.59 Å². The molecule has 0 aliphatic rings. The van der Waals surface area contributed by atoms with Gasteiger partial charge in [-0.25, -0.2) is 4.98 Å². The fraction of sp³-hybridized carbons (Fsp3) is 0.0556. The van der Waals surface area contributed by atoms with Gasteiger partial charge in [0.25, 0.3) is 5.56 Å². The summed E-state index contributed by atoms with van der Waals surface area (Å²) < 4.78 is 5.17. The van der Waals surface area contributed by atoms with Gasteiger partial charge in [0, 0.05) is 0 Å². The third-order valence-electron chi connectivity index (χ3n) is 3.40. The summed E-state index contributed by atoms with van der Waals surface area (Å²) in [5.41, 5.74) is 0.801. The van der Waals surface area contributed by atoms with Gasteiger partial charge in [-0.15, -0.1) is 0 Å². The molecule has 0 saturated heterocycles. The number of fused-ring (bicyclic) bond motifs is 1. The van der Waals surface area contributed by atoms with Gasteiger partial charge in [0.2, 0.25) is 0 Å². The molecule has 0 aliphatic carbocycles. The van der Waals surface area contributed by atoms with Gasteiger partial charge in [-0.3, -0.25) is 9.59 Å². The first-order valence-corrected chi connectivity index (χ1v) is 7.03. The summed E-state index contributed by atoms with van der Waals surface area (Å²) in [6, 6.07) is 14.0. The molecule has 23 heavy (non-hydrogen) atoms. The number of aromatic nitrogens is 2. The Morgan fingerprint density at radius 2 is 1.87 bits per heavy atom. The van der Waals surface area contributed by atoms with Crippen molar-refractivity contribution in [3.8, 4) is 5.75 Å². The van der Waals surface area contributed by atoms with E-state index >= 15 is 0 Å². The first kappa shape index (κ1) is 14.7. The average Bonchev–Trinajstić information content (AvgIpc) is 2.59. The number of carbonyl (C=O) groups is 1. The van der Waals surface area contributed by atoms with Crippen molar-refractivity contribution >= 4 is 22.8 Å². The highest BCUT2D eigenvalue weighted by molar-refractivity contribution is 6.08. The Bertz CT molecular complexity index is 958. The number of H-pyrrole nitrogens is 1. The Morgan fingerprint density at radius 1 is 1.13 bits per heavy atom. The van der Waals surface area contributed by atoms with E-state index in [0.717, 1.165) is 0 Å². The predicted molar refractivity (Wildman–Crippen MR) is 88.7 cm³/mol. The zero-order valence-electron chi connectivity index (χ0n) is 12.4. The molecule has 1 aromatic heterocycles. The van der Waals surface area contributed by atoms with Gasteiger partial charge in [0.05, 0.1) is 23.6 Å². The molecule has 0 bridgehead atoms. The van der Waals surface area contributed by atoms with Gasteiger partial charge in [0.1, 0.15) is 11.6 Å². The highest BCUT2D eigenvalue weighted by Gasteiger charge is 2.08. The standard InChI is InChI=1S/C18H14N2O3/c1-23-16-9-5-3-7-13(16)15(21)10-11-17-19-14-8-4-2-6-12(14)18(22)20-17/h2-11H,1H3,(H,19,20,22)/b11-10+. The summed E-state index contributed by atoms with van der Waals surface area (Å²) >= 11 is 0. The van der Waals surface area contributed by atoms with Crippen LogP contribution in [0.25, 0.3) is 17.0 Å². The lowest BCUT2D eigenvalue weighted by Crippen LogP contribution is -2.09. The number of rotatable bonds is 4. The van der Waals surface area contributed by atoms with Crippen LogP contribution in [0.2, 0.25) is 0 Å². The molecule has 0 aliphatic heterocycles. The van der Waals surface area contributed by atoms with E-state index in [0.29, 0.717) is 28.0 Å². The largest absolute Gasteiger partial charge is 0.496 e. The normalized spacial score (nSPS) is 11.0. The van der Waals surface area contributed by atoms with Crippen LogP contribution in [0.15, 0.2) is 59.4 Å².